The Labute approximate surface area is 145 Å². The van der Waals surface area contributed by atoms with Crippen molar-refractivity contribution < 1.29 is 19.1 Å². The minimum atomic E-state index is -0.781. The summed E-state index contributed by atoms with van der Waals surface area (Å²) in [7, 11) is 0. The maximum atomic E-state index is 12.4. The Kier molecular flexibility index (Phi) is 7.90. The van der Waals surface area contributed by atoms with Crippen LogP contribution in [0.1, 0.15) is 61.0 Å². The standard InChI is InChI=1S/C16H24N2O4.C2H6/c1-11-10-17-9-8-12(11)18(13(19)21-15(2,3)4)14(20)22-16(5,6)7;1-2/h8-10H,1-7H3;1-2H3. The Morgan fingerprint density at radius 3 is 1.71 bits per heavy atom. The predicted octanol–water partition coefficient (Wildman–Crippen LogP) is 5.09. The van der Waals surface area contributed by atoms with Crippen LogP contribution in [-0.4, -0.2) is 28.4 Å². The van der Waals surface area contributed by atoms with Crippen molar-refractivity contribution in [3.63, 3.8) is 0 Å². The van der Waals surface area contributed by atoms with Gasteiger partial charge >= 0.3 is 12.2 Å². The highest BCUT2D eigenvalue weighted by atomic mass is 16.6. The van der Waals surface area contributed by atoms with E-state index in [1.165, 1.54) is 6.20 Å². The largest absolute Gasteiger partial charge is 0.443 e. The summed E-state index contributed by atoms with van der Waals surface area (Å²) in [6, 6.07) is 1.57. The molecule has 0 aliphatic rings. The van der Waals surface area contributed by atoms with Crippen LogP contribution in [0.4, 0.5) is 15.3 Å². The van der Waals surface area contributed by atoms with Crippen molar-refractivity contribution >= 4 is 17.9 Å². The molecule has 6 heteroatoms. The quantitative estimate of drug-likeness (QED) is 0.713. The first-order valence-electron chi connectivity index (χ1n) is 8.07. The molecule has 0 aliphatic carbocycles. The molecule has 1 heterocycles. The van der Waals surface area contributed by atoms with E-state index in [2.05, 4.69) is 4.98 Å². The zero-order valence-corrected chi connectivity index (χ0v) is 16.3. The highest BCUT2D eigenvalue weighted by molar-refractivity contribution is 6.10. The zero-order chi connectivity index (χ0) is 19.1. The van der Waals surface area contributed by atoms with Crippen LogP contribution in [0.15, 0.2) is 18.5 Å². The average Bonchev–Trinajstić information content (AvgIpc) is 2.39. The number of carbonyl (C=O) groups is 2. The number of nitrogens with zero attached hydrogens (tertiary/aromatic N) is 2. The fourth-order valence-corrected chi connectivity index (χ4v) is 1.60. The first-order valence-corrected chi connectivity index (χ1v) is 8.07. The number of anilines is 1. The Morgan fingerprint density at radius 1 is 0.958 bits per heavy atom. The predicted molar refractivity (Wildman–Crippen MR) is 95.3 cm³/mol. The molecular weight excluding hydrogens is 308 g/mol. The third-order valence-corrected chi connectivity index (χ3v) is 2.38. The van der Waals surface area contributed by atoms with E-state index in [-0.39, 0.29) is 0 Å². The second kappa shape index (κ2) is 8.66. The monoisotopic (exact) mass is 338 g/mol. The number of rotatable bonds is 1. The molecule has 136 valence electrons. The molecule has 24 heavy (non-hydrogen) atoms. The van der Waals surface area contributed by atoms with Gasteiger partial charge in [-0.2, -0.15) is 4.90 Å². The fourth-order valence-electron chi connectivity index (χ4n) is 1.60. The lowest BCUT2D eigenvalue weighted by Crippen LogP contribution is -2.44. The number of aryl methyl sites for hydroxylation is 1. The molecule has 0 N–H and O–H groups in total. The Bertz CT molecular complexity index is 529. The summed E-state index contributed by atoms with van der Waals surface area (Å²) in [6.45, 7) is 16.2. The summed E-state index contributed by atoms with van der Waals surface area (Å²) in [6.07, 6.45) is 1.51. The van der Waals surface area contributed by atoms with Crippen LogP contribution in [0.2, 0.25) is 0 Å². The van der Waals surface area contributed by atoms with Crippen LogP contribution in [0.3, 0.4) is 0 Å². The minimum Gasteiger partial charge on any atom is -0.443 e. The van der Waals surface area contributed by atoms with Crippen molar-refractivity contribution in [1.29, 1.82) is 0 Å². The van der Waals surface area contributed by atoms with Crippen LogP contribution in [0, 0.1) is 6.92 Å². The normalized spacial score (nSPS) is 11.0. The molecule has 0 fully saturated rings. The molecular formula is C18H30N2O4. The zero-order valence-electron chi connectivity index (χ0n) is 16.3. The molecule has 0 unspecified atom stereocenters. The van der Waals surface area contributed by atoms with Crippen LogP contribution in [0.5, 0.6) is 0 Å². The van der Waals surface area contributed by atoms with Crippen LogP contribution in [0.25, 0.3) is 0 Å². The topological polar surface area (TPSA) is 68.7 Å². The fraction of sp³-hybridized carbons (Fsp3) is 0.611. The van der Waals surface area contributed by atoms with E-state index in [0.29, 0.717) is 11.3 Å². The summed E-state index contributed by atoms with van der Waals surface area (Å²) in [5.41, 5.74) is -0.394. The number of hydrogen-bond donors (Lipinski definition) is 0. The molecule has 0 aromatic carbocycles. The molecule has 0 saturated heterocycles. The smallest absolute Gasteiger partial charge is 0.424 e. The van der Waals surface area contributed by atoms with E-state index in [0.717, 1.165) is 4.90 Å². The van der Waals surface area contributed by atoms with E-state index in [4.69, 9.17) is 9.47 Å². The number of hydrogen-bond acceptors (Lipinski definition) is 5. The van der Waals surface area contributed by atoms with E-state index in [1.54, 1.807) is 60.7 Å². The van der Waals surface area contributed by atoms with Gasteiger partial charge in [0, 0.05) is 12.4 Å². The van der Waals surface area contributed by atoms with Gasteiger partial charge in [0.25, 0.3) is 0 Å². The van der Waals surface area contributed by atoms with Crippen molar-refractivity contribution in [1.82, 2.24) is 4.98 Å². The van der Waals surface area contributed by atoms with Crippen LogP contribution < -0.4 is 4.90 Å². The highest BCUT2D eigenvalue weighted by Gasteiger charge is 2.33. The van der Waals surface area contributed by atoms with Gasteiger partial charge in [0.15, 0.2) is 0 Å². The van der Waals surface area contributed by atoms with E-state index < -0.39 is 23.4 Å². The minimum absolute atomic E-state index is 0.387. The second-order valence-electron chi connectivity index (χ2n) is 6.96. The van der Waals surface area contributed by atoms with Gasteiger partial charge in [-0.3, -0.25) is 4.98 Å². The maximum Gasteiger partial charge on any atom is 0.424 e. The van der Waals surface area contributed by atoms with Gasteiger partial charge in [0.2, 0.25) is 0 Å². The summed E-state index contributed by atoms with van der Waals surface area (Å²) in [5, 5.41) is 0. The number of ether oxygens (including phenoxy) is 2. The molecule has 0 aliphatic heterocycles. The van der Waals surface area contributed by atoms with Crippen molar-refractivity contribution in [2.75, 3.05) is 4.90 Å². The van der Waals surface area contributed by atoms with Gasteiger partial charge < -0.3 is 9.47 Å². The van der Waals surface area contributed by atoms with Crippen LogP contribution >= 0.6 is 0 Å². The Balaban J connectivity index is 0.00000254. The van der Waals surface area contributed by atoms with Crippen LogP contribution in [-0.2, 0) is 9.47 Å². The van der Waals surface area contributed by atoms with Gasteiger partial charge in [0.05, 0.1) is 5.69 Å². The van der Waals surface area contributed by atoms with Gasteiger partial charge in [-0.25, -0.2) is 9.59 Å². The number of pyridine rings is 1. The Morgan fingerprint density at radius 2 is 1.38 bits per heavy atom. The molecule has 0 saturated carbocycles. The van der Waals surface area contributed by atoms with E-state index >= 15 is 0 Å². The van der Waals surface area contributed by atoms with Gasteiger partial charge in [0.1, 0.15) is 11.2 Å². The number of aromatic nitrogens is 1. The van der Waals surface area contributed by atoms with Gasteiger partial charge in [-0.1, -0.05) is 13.8 Å². The molecule has 6 nitrogen and oxygen atoms in total. The Hall–Kier alpha value is -2.11. The van der Waals surface area contributed by atoms with Gasteiger partial charge in [-0.05, 0) is 60.1 Å². The second-order valence-corrected chi connectivity index (χ2v) is 6.96. The third kappa shape index (κ3) is 7.44. The summed E-state index contributed by atoms with van der Waals surface area (Å²) in [5.74, 6) is 0. The molecule has 1 rings (SSSR count). The van der Waals surface area contributed by atoms with Crippen molar-refractivity contribution in [3.05, 3.63) is 24.0 Å². The number of amides is 2. The van der Waals surface area contributed by atoms with E-state index in [9.17, 15) is 9.59 Å². The summed E-state index contributed by atoms with van der Waals surface area (Å²) in [4.78, 5) is 29.7. The summed E-state index contributed by atoms with van der Waals surface area (Å²) >= 11 is 0. The lowest BCUT2D eigenvalue weighted by Gasteiger charge is -2.29. The molecule has 0 spiro atoms. The molecule has 0 atom stereocenters. The van der Waals surface area contributed by atoms with E-state index in [1.807, 2.05) is 13.8 Å². The number of imide groups is 1. The molecule has 0 radical (unpaired) electrons. The molecule has 1 aromatic heterocycles. The molecule has 2 amide bonds. The maximum absolute atomic E-state index is 12.4. The van der Waals surface area contributed by atoms with Crippen molar-refractivity contribution in [2.24, 2.45) is 0 Å². The first-order chi connectivity index (χ1) is 10.9. The lowest BCUT2D eigenvalue weighted by molar-refractivity contribution is 0.0430. The third-order valence-electron chi connectivity index (χ3n) is 2.38. The summed E-state index contributed by atoms with van der Waals surface area (Å²) < 4.78 is 10.6. The first kappa shape index (κ1) is 21.9. The number of carbonyl (C=O) groups excluding carboxylic acids is 2. The molecule has 1 aromatic rings. The molecule has 0 bridgehead atoms. The van der Waals surface area contributed by atoms with Crippen molar-refractivity contribution in [2.45, 2.75) is 73.5 Å². The van der Waals surface area contributed by atoms with Gasteiger partial charge in [-0.15, -0.1) is 0 Å². The highest BCUT2D eigenvalue weighted by Crippen LogP contribution is 2.24. The average molecular weight is 338 g/mol. The lowest BCUT2D eigenvalue weighted by atomic mass is 10.2. The van der Waals surface area contributed by atoms with Crippen molar-refractivity contribution in [3.8, 4) is 0 Å². The SMILES string of the molecule is CC.Cc1cnccc1N(C(=O)OC(C)(C)C)C(=O)OC(C)(C)C.